The first-order valence-electron chi connectivity index (χ1n) is 11.3. The summed E-state index contributed by atoms with van der Waals surface area (Å²) in [6.07, 6.45) is 0. The Hall–Kier alpha value is -4.79. The van der Waals surface area contributed by atoms with Crippen molar-refractivity contribution in [1.82, 2.24) is 14.8 Å². The Morgan fingerprint density at radius 1 is 0.972 bits per heavy atom. The van der Waals surface area contributed by atoms with Crippen molar-refractivity contribution in [1.29, 1.82) is 0 Å². The first-order valence-corrected chi connectivity index (χ1v) is 11.3. The first-order chi connectivity index (χ1) is 17.2. The van der Waals surface area contributed by atoms with E-state index in [1.54, 1.807) is 0 Å². The predicted molar refractivity (Wildman–Crippen MR) is 133 cm³/mol. The van der Waals surface area contributed by atoms with Crippen LogP contribution in [0.25, 0.3) is 22.2 Å². The summed E-state index contributed by atoms with van der Waals surface area (Å²) in [5.41, 5.74) is 1.64. The van der Waals surface area contributed by atoms with Gasteiger partial charge in [0.2, 0.25) is 0 Å². The fraction of sp³-hybridized carbons (Fsp3) is 0.148. The van der Waals surface area contributed by atoms with Crippen LogP contribution in [-0.2, 0) is 17.4 Å². The molecule has 3 aromatic carbocycles. The third-order valence-corrected chi connectivity index (χ3v) is 6.67. The summed E-state index contributed by atoms with van der Waals surface area (Å²) in [6.45, 7) is 1.08. The summed E-state index contributed by atoms with van der Waals surface area (Å²) in [4.78, 5) is 51.3. The van der Waals surface area contributed by atoms with Crippen molar-refractivity contribution in [2.45, 2.75) is 12.5 Å². The third-order valence-electron chi connectivity index (χ3n) is 6.67. The molecule has 9 heteroatoms. The van der Waals surface area contributed by atoms with E-state index in [1.807, 2.05) is 66.2 Å². The van der Waals surface area contributed by atoms with Gasteiger partial charge in [0.05, 0.1) is 22.7 Å². The number of urea groups is 1. The van der Waals surface area contributed by atoms with E-state index in [1.165, 1.54) is 31.2 Å². The minimum atomic E-state index is -1.45. The number of benzene rings is 3. The molecule has 180 valence electrons. The Bertz CT molecular complexity index is 1540. The number of nitrogens with one attached hydrogen (secondary N) is 1. The zero-order valence-corrected chi connectivity index (χ0v) is 19.6. The molecule has 1 aromatic heterocycles. The molecule has 0 radical (unpaired) electrons. The summed E-state index contributed by atoms with van der Waals surface area (Å²) in [5.74, 6) is -0.974. The minimum Gasteiger partial charge on any atom is -0.343 e. The molecule has 1 N–H and O–H groups in total. The molecule has 3 amide bonds. The normalized spacial score (nSPS) is 17.4. The van der Waals surface area contributed by atoms with Crippen LogP contribution in [0.15, 0.2) is 78.9 Å². The van der Waals surface area contributed by atoms with Crippen LogP contribution in [0.2, 0.25) is 0 Å². The highest BCUT2D eigenvalue weighted by Gasteiger charge is 2.49. The smallest absolute Gasteiger partial charge is 0.325 e. The van der Waals surface area contributed by atoms with Crippen molar-refractivity contribution in [3.63, 3.8) is 0 Å². The number of nitrogens with zero attached hydrogens (tertiary/aromatic N) is 3. The maximum Gasteiger partial charge on any atom is 0.325 e. The van der Waals surface area contributed by atoms with E-state index in [0.717, 1.165) is 21.4 Å². The average Bonchev–Trinajstić information content (AvgIpc) is 3.30. The molecule has 1 unspecified atom stereocenters. The summed E-state index contributed by atoms with van der Waals surface area (Å²) >= 11 is 0. The number of fused-ring (bicyclic) bond motifs is 1. The van der Waals surface area contributed by atoms with Gasteiger partial charge in [-0.15, -0.1) is 0 Å². The molecular formula is C27H22N4O5. The van der Waals surface area contributed by atoms with Crippen LogP contribution < -0.4 is 5.32 Å². The van der Waals surface area contributed by atoms with Gasteiger partial charge in [-0.05, 0) is 36.2 Å². The Kier molecular flexibility index (Phi) is 5.40. The molecule has 9 nitrogen and oxygen atoms in total. The Morgan fingerprint density at radius 3 is 2.28 bits per heavy atom. The van der Waals surface area contributed by atoms with Crippen LogP contribution in [0, 0.1) is 10.1 Å². The molecule has 0 spiro atoms. The lowest BCUT2D eigenvalue weighted by Crippen LogP contribution is -2.41. The van der Waals surface area contributed by atoms with Crippen molar-refractivity contribution in [2.24, 2.45) is 7.05 Å². The lowest BCUT2D eigenvalue weighted by atomic mass is 9.91. The van der Waals surface area contributed by atoms with Gasteiger partial charge in [-0.25, -0.2) is 4.79 Å². The number of hydrogen-bond donors (Lipinski definition) is 1. The Labute approximate surface area is 206 Å². The van der Waals surface area contributed by atoms with Crippen LogP contribution in [0.5, 0.6) is 0 Å². The van der Waals surface area contributed by atoms with Crippen molar-refractivity contribution in [2.75, 3.05) is 6.54 Å². The standard InChI is InChI=1S/C27H22N4O5/c1-27(18-12-14-19(15-13-18)31(35)36)25(33)30(26(34)28-27)16-22(32)23-20-10-6-7-11-21(20)29(2)24(23)17-8-4-3-5-9-17/h3-15H,16H2,1-2H3,(H,28,34). The monoisotopic (exact) mass is 482 g/mol. The molecule has 0 saturated carbocycles. The number of Topliss-reactive ketones (excluding diaryl/α,β-unsaturated/α-hetero) is 1. The second-order valence-electron chi connectivity index (χ2n) is 8.84. The molecule has 2 heterocycles. The van der Waals surface area contributed by atoms with Gasteiger partial charge in [-0.1, -0.05) is 48.5 Å². The van der Waals surface area contributed by atoms with E-state index in [2.05, 4.69) is 5.32 Å². The average molecular weight is 482 g/mol. The summed E-state index contributed by atoms with van der Waals surface area (Å²) in [6, 6.07) is 21.7. The molecule has 0 aliphatic carbocycles. The van der Waals surface area contributed by atoms with Gasteiger partial charge in [0.1, 0.15) is 5.54 Å². The zero-order chi connectivity index (χ0) is 25.6. The highest BCUT2D eigenvalue weighted by atomic mass is 16.6. The Balaban J connectivity index is 1.51. The van der Waals surface area contributed by atoms with E-state index >= 15 is 0 Å². The molecule has 1 saturated heterocycles. The first kappa shape index (κ1) is 23.0. The minimum absolute atomic E-state index is 0.129. The number of hydrogen-bond acceptors (Lipinski definition) is 5. The lowest BCUT2D eigenvalue weighted by Gasteiger charge is -2.22. The van der Waals surface area contributed by atoms with Crippen LogP contribution in [0.1, 0.15) is 22.8 Å². The topological polar surface area (TPSA) is 115 Å². The second kappa shape index (κ2) is 8.46. The highest BCUT2D eigenvalue weighted by Crippen LogP contribution is 2.35. The summed E-state index contributed by atoms with van der Waals surface area (Å²) in [5, 5.41) is 14.4. The molecule has 4 aromatic rings. The molecular weight excluding hydrogens is 460 g/mol. The highest BCUT2D eigenvalue weighted by molar-refractivity contribution is 6.17. The summed E-state index contributed by atoms with van der Waals surface area (Å²) in [7, 11) is 1.88. The van der Waals surface area contributed by atoms with Gasteiger partial charge in [-0.2, -0.15) is 0 Å². The number of para-hydroxylation sites is 1. The van der Waals surface area contributed by atoms with Crippen molar-refractivity contribution in [3.05, 3.63) is 100 Å². The number of nitro benzene ring substituents is 1. The molecule has 0 bridgehead atoms. The molecule has 36 heavy (non-hydrogen) atoms. The molecule has 5 rings (SSSR count). The number of aryl methyl sites for hydroxylation is 1. The number of carbonyl (C=O) groups excluding carboxylic acids is 3. The summed E-state index contributed by atoms with van der Waals surface area (Å²) < 4.78 is 1.94. The van der Waals surface area contributed by atoms with Crippen LogP contribution >= 0.6 is 0 Å². The second-order valence-corrected chi connectivity index (χ2v) is 8.84. The maximum absolute atomic E-state index is 13.7. The zero-order valence-electron chi connectivity index (χ0n) is 19.6. The van der Waals surface area contributed by atoms with Crippen molar-refractivity contribution < 1.29 is 19.3 Å². The van der Waals surface area contributed by atoms with E-state index in [4.69, 9.17) is 0 Å². The number of aromatic nitrogens is 1. The van der Waals surface area contributed by atoms with Crippen LogP contribution in [-0.4, -0.2) is 38.7 Å². The molecule has 1 aliphatic rings. The fourth-order valence-corrected chi connectivity index (χ4v) is 4.78. The van der Waals surface area contributed by atoms with Gasteiger partial charge in [-0.3, -0.25) is 24.6 Å². The van der Waals surface area contributed by atoms with Crippen molar-refractivity contribution in [3.8, 4) is 11.3 Å². The van der Waals surface area contributed by atoms with Crippen molar-refractivity contribution >= 4 is 34.3 Å². The van der Waals surface area contributed by atoms with E-state index in [-0.39, 0.29) is 11.5 Å². The molecule has 1 atom stereocenters. The number of rotatable bonds is 6. The van der Waals surface area contributed by atoms with Gasteiger partial charge in [0.15, 0.2) is 5.78 Å². The van der Waals surface area contributed by atoms with Crippen LogP contribution in [0.3, 0.4) is 0 Å². The lowest BCUT2D eigenvalue weighted by molar-refractivity contribution is -0.384. The maximum atomic E-state index is 13.7. The van der Waals surface area contributed by atoms with E-state index in [9.17, 15) is 24.5 Å². The largest absolute Gasteiger partial charge is 0.343 e. The SMILES string of the molecule is Cn1c(-c2ccccc2)c(C(=O)CN2C(=O)NC(C)(c3ccc([N+](=O)[O-])cc3)C2=O)c2ccccc21. The van der Waals surface area contributed by atoms with Gasteiger partial charge >= 0.3 is 6.03 Å². The number of amides is 3. The van der Waals surface area contributed by atoms with Crippen LogP contribution in [0.4, 0.5) is 10.5 Å². The van der Waals surface area contributed by atoms with Gasteiger partial charge in [0.25, 0.3) is 11.6 Å². The number of nitro groups is 1. The third kappa shape index (κ3) is 3.52. The number of carbonyl (C=O) groups is 3. The van der Waals surface area contributed by atoms with E-state index in [0.29, 0.717) is 16.8 Å². The number of non-ortho nitro benzene ring substituents is 1. The van der Waals surface area contributed by atoms with Gasteiger partial charge in [0, 0.05) is 30.1 Å². The molecule has 1 fully saturated rings. The number of imide groups is 1. The molecule has 1 aliphatic heterocycles. The number of ketones is 1. The fourth-order valence-electron chi connectivity index (χ4n) is 4.78. The van der Waals surface area contributed by atoms with Gasteiger partial charge < -0.3 is 9.88 Å². The van der Waals surface area contributed by atoms with E-state index < -0.39 is 28.9 Å². The predicted octanol–water partition coefficient (Wildman–Crippen LogP) is 4.40. The Morgan fingerprint density at radius 2 is 1.61 bits per heavy atom. The quantitative estimate of drug-likeness (QED) is 0.189.